The summed E-state index contributed by atoms with van der Waals surface area (Å²) in [5.74, 6) is -0.944. The molecule has 7 heteroatoms. The molecule has 1 aliphatic rings. The van der Waals surface area contributed by atoms with Crippen LogP contribution in [0, 0.1) is 5.82 Å². The SMILES string of the molecule is CC(=O)C1=CNc2c(c(=O)n(C)c(=O)n2C)C1c1ccc(F)cc1. The smallest absolute Gasteiger partial charge is 0.332 e. The number of nitrogens with one attached hydrogen (secondary N) is 1. The molecule has 24 heavy (non-hydrogen) atoms. The number of aromatic nitrogens is 2. The number of halogens is 1. The number of carbonyl (C=O) groups excluding carboxylic acids is 1. The first-order chi connectivity index (χ1) is 11.3. The number of fused-ring (bicyclic) bond motifs is 1. The van der Waals surface area contributed by atoms with E-state index in [-0.39, 0.29) is 5.78 Å². The highest BCUT2D eigenvalue weighted by molar-refractivity contribution is 5.97. The molecule has 1 aromatic heterocycles. The van der Waals surface area contributed by atoms with Crippen LogP contribution in [0.25, 0.3) is 0 Å². The van der Waals surface area contributed by atoms with Gasteiger partial charge in [-0.25, -0.2) is 9.18 Å². The van der Waals surface area contributed by atoms with Gasteiger partial charge in [0.05, 0.1) is 5.56 Å². The fourth-order valence-electron chi connectivity index (χ4n) is 3.00. The van der Waals surface area contributed by atoms with Crippen LogP contribution in [0.15, 0.2) is 45.6 Å². The Morgan fingerprint density at radius 2 is 1.75 bits per heavy atom. The highest BCUT2D eigenvalue weighted by Crippen LogP contribution is 2.37. The summed E-state index contributed by atoms with van der Waals surface area (Å²) in [4.78, 5) is 36.9. The molecule has 1 aromatic carbocycles. The van der Waals surface area contributed by atoms with E-state index in [0.29, 0.717) is 22.5 Å². The van der Waals surface area contributed by atoms with Crippen molar-refractivity contribution in [2.75, 3.05) is 5.32 Å². The minimum absolute atomic E-state index is 0.210. The van der Waals surface area contributed by atoms with Gasteiger partial charge in [0.15, 0.2) is 5.78 Å². The number of benzene rings is 1. The van der Waals surface area contributed by atoms with Gasteiger partial charge in [0.2, 0.25) is 0 Å². The fraction of sp³-hybridized carbons (Fsp3) is 0.235. The van der Waals surface area contributed by atoms with Crippen molar-refractivity contribution in [2.24, 2.45) is 14.1 Å². The molecule has 124 valence electrons. The number of hydrogen-bond acceptors (Lipinski definition) is 4. The lowest BCUT2D eigenvalue weighted by Crippen LogP contribution is -2.42. The van der Waals surface area contributed by atoms with E-state index in [1.54, 1.807) is 7.05 Å². The largest absolute Gasteiger partial charge is 0.347 e. The van der Waals surface area contributed by atoms with Gasteiger partial charge in [0.1, 0.15) is 11.6 Å². The zero-order valence-electron chi connectivity index (χ0n) is 13.5. The zero-order valence-corrected chi connectivity index (χ0v) is 13.5. The van der Waals surface area contributed by atoms with Crippen molar-refractivity contribution in [2.45, 2.75) is 12.8 Å². The maximum Gasteiger partial charge on any atom is 0.332 e. The molecule has 1 N–H and O–H groups in total. The summed E-state index contributed by atoms with van der Waals surface area (Å²) in [7, 11) is 2.93. The van der Waals surface area contributed by atoms with Crippen molar-refractivity contribution >= 4 is 11.6 Å². The summed E-state index contributed by atoms with van der Waals surface area (Å²) < 4.78 is 15.6. The quantitative estimate of drug-likeness (QED) is 0.900. The molecule has 2 aromatic rings. The lowest BCUT2D eigenvalue weighted by atomic mass is 9.82. The second-order valence-corrected chi connectivity index (χ2v) is 5.75. The van der Waals surface area contributed by atoms with Crippen molar-refractivity contribution in [3.63, 3.8) is 0 Å². The number of Topliss-reactive ketones (excluding diaryl/α,β-unsaturated/α-hetero) is 1. The molecule has 1 unspecified atom stereocenters. The van der Waals surface area contributed by atoms with E-state index in [1.165, 1.54) is 49.0 Å². The number of anilines is 1. The normalized spacial score (nSPS) is 16.2. The average molecular weight is 329 g/mol. The third-order valence-electron chi connectivity index (χ3n) is 4.27. The lowest BCUT2D eigenvalue weighted by molar-refractivity contribution is -0.113. The Hall–Kier alpha value is -2.96. The van der Waals surface area contributed by atoms with Crippen LogP contribution in [0.5, 0.6) is 0 Å². The van der Waals surface area contributed by atoms with Crippen LogP contribution in [0.2, 0.25) is 0 Å². The number of nitrogens with zero attached hydrogens (tertiary/aromatic N) is 2. The monoisotopic (exact) mass is 329 g/mol. The molecule has 0 saturated heterocycles. The van der Waals surface area contributed by atoms with Crippen molar-refractivity contribution in [3.8, 4) is 0 Å². The first kappa shape index (κ1) is 15.9. The number of carbonyl (C=O) groups is 1. The van der Waals surface area contributed by atoms with E-state index in [9.17, 15) is 18.8 Å². The minimum atomic E-state index is -0.662. The topological polar surface area (TPSA) is 73.1 Å². The fourth-order valence-corrected chi connectivity index (χ4v) is 3.00. The van der Waals surface area contributed by atoms with E-state index < -0.39 is 23.0 Å². The van der Waals surface area contributed by atoms with Gasteiger partial charge < -0.3 is 5.32 Å². The van der Waals surface area contributed by atoms with Crippen molar-refractivity contribution < 1.29 is 9.18 Å². The number of ketones is 1. The van der Waals surface area contributed by atoms with Gasteiger partial charge in [-0.05, 0) is 24.6 Å². The lowest BCUT2D eigenvalue weighted by Gasteiger charge is -2.28. The van der Waals surface area contributed by atoms with Gasteiger partial charge >= 0.3 is 5.69 Å². The van der Waals surface area contributed by atoms with Crippen LogP contribution in [-0.2, 0) is 18.9 Å². The summed E-state index contributed by atoms with van der Waals surface area (Å²) in [6.45, 7) is 1.40. The Bertz CT molecular complexity index is 984. The molecular formula is C17H16FN3O3. The summed E-state index contributed by atoms with van der Waals surface area (Å²) in [5, 5.41) is 2.88. The first-order valence-electron chi connectivity index (χ1n) is 7.35. The summed E-state index contributed by atoms with van der Waals surface area (Å²) in [5.41, 5.74) is 0.325. The predicted molar refractivity (Wildman–Crippen MR) is 87.6 cm³/mol. The molecule has 0 fully saturated rings. The Kier molecular flexibility index (Phi) is 3.71. The van der Waals surface area contributed by atoms with Crippen LogP contribution >= 0.6 is 0 Å². The maximum atomic E-state index is 13.3. The van der Waals surface area contributed by atoms with E-state index in [4.69, 9.17) is 0 Å². The molecule has 3 rings (SSSR count). The molecule has 6 nitrogen and oxygen atoms in total. The third kappa shape index (κ3) is 2.29. The second-order valence-electron chi connectivity index (χ2n) is 5.75. The van der Waals surface area contributed by atoms with Gasteiger partial charge in [-0.2, -0.15) is 0 Å². The number of hydrogen-bond donors (Lipinski definition) is 1. The molecule has 2 heterocycles. The molecular weight excluding hydrogens is 313 g/mol. The highest BCUT2D eigenvalue weighted by Gasteiger charge is 2.32. The van der Waals surface area contributed by atoms with E-state index in [2.05, 4.69) is 5.32 Å². The molecule has 0 bridgehead atoms. The van der Waals surface area contributed by atoms with Crippen molar-refractivity contribution in [1.82, 2.24) is 9.13 Å². The van der Waals surface area contributed by atoms with Crippen LogP contribution < -0.4 is 16.6 Å². The van der Waals surface area contributed by atoms with E-state index in [1.807, 2.05) is 0 Å². The third-order valence-corrected chi connectivity index (χ3v) is 4.27. The van der Waals surface area contributed by atoms with Crippen LogP contribution in [0.1, 0.15) is 24.0 Å². The number of rotatable bonds is 2. The molecule has 0 aliphatic carbocycles. The Balaban J connectivity index is 2.36. The summed E-state index contributed by atoms with van der Waals surface area (Å²) in [6, 6.07) is 5.63. The van der Waals surface area contributed by atoms with Gasteiger partial charge in [0, 0.05) is 31.8 Å². The average Bonchev–Trinajstić information content (AvgIpc) is 2.57. The van der Waals surface area contributed by atoms with E-state index >= 15 is 0 Å². The second kappa shape index (κ2) is 5.59. The van der Waals surface area contributed by atoms with Crippen LogP contribution in [0.4, 0.5) is 10.2 Å². The predicted octanol–water partition coefficient (Wildman–Crippen LogP) is 1.25. The molecule has 0 saturated carbocycles. The molecule has 1 aliphatic heterocycles. The number of allylic oxidation sites excluding steroid dienone is 1. The molecule has 1 atom stereocenters. The highest BCUT2D eigenvalue weighted by atomic mass is 19.1. The van der Waals surface area contributed by atoms with Gasteiger partial charge in [-0.3, -0.25) is 18.7 Å². The van der Waals surface area contributed by atoms with E-state index in [0.717, 1.165) is 4.57 Å². The standard InChI is InChI=1S/C17H16FN3O3/c1-9(22)12-8-19-15-14(16(23)21(3)17(24)20(15)2)13(12)10-4-6-11(18)7-5-10/h4-8,13,19H,1-3H3. The van der Waals surface area contributed by atoms with Gasteiger partial charge in [-0.1, -0.05) is 12.1 Å². The van der Waals surface area contributed by atoms with Crippen molar-refractivity contribution in [1.29, 1.82) is 0 Å². The Labute approximate surface area is 136 Å². The maximum absolute atomic E-state index is 13.3. The van der Waals surface area contributed by atoms with Gasteiger partial charge in [0.25, 0.3) is 5.56 Å². The van der Waals surface area contributed by atoms with Gasteiger partial charge in [-0.15, -0.1) is 0 Å². The van der Waals surface area contributed by atoms with Crippen LogP contribution in [-0.4, -0.2) is 14.9 Å². The molecule has 0 spiro atoms. The Morgan fingerprint density at radius 3 is 2.33 bits per heavy atom. The molecule has 0 amide bonds. The zero-order chi connectivity index (χ0) is 17.6. The first-order valence-corrected chi connectivity index (χ1v) is 7.35. The van der Waals surface area contributed by atoms with Crippen molar-refractivity contribution in [3.05, 3.63) is 73.8 Å². The molecule has 0 radical (unpaired) electrons. The minimum Gasteiger partial charge on any atom is -0.347 e. The summed E-state index contributed by atoms with van der Waals surface area (Å²) >= 11 is 0. The summed E-state index contributed by atoms with van der Waals surface area (Å²) in [6.07, 6.45) is 1.50. The van der Waals surface area contributed by atoms with Crippen LogP contribution in [0.3, 0.4) is 0 Å². The Morgan fingerprint density at radius 1 is 1.12 bits per heavy atom.